The summed E-state index contributed by atoms with van der Waals surface area (Å²) in [7, 11) is 0. The summed E-state index contributed by atoms with van der Waals surface area (Å²) in [4.78, 5) is 60.3. The zero-order valence-electron chi connectivity index (χ0n) is 23.8. The molecule has 2 saturated heterocycles. The first-order valence-corrected chi connectivity index (χ1v) is 14.8. The van der Waals surface area contributed by atoms with Crippen molar-refractivity contribution in [2.75, 3.05) is 6.54 Å². The van der Waals surface area contributed by atoms with Gasteiger partial charge >= 0.3 is 0 Å². The summed E-state index contributed by atoms with van der Waals surface area (Å²) < 4.78 is 0. The van der Waals surface area contributed by atoms with Crippen LogP contribution in [-0.4, -0.2) is 64.2 Å². The second-order valence-electron chi connectivity index (χ2n) is 11.3. The average Bonchev–Trinajstić information content (AvgIpc) is 3.68. The number of fused-ring (bicyclic) bond motifs is 2. The van der Waals surface area contributed by atoms with Crippen LogP contribution in [0.15, 0.2) is 91.1 Å². The molecular weight excluding hydrogens is 542 g/mol. The Bertz CT molecular complexity index is 1620. The van der Waals surface area contributed by atoms with Gasteiger partial charge in [-0.1, -0.05) is 78.9 Å². The standard InChI is InChI=1S/C34H35N5O4/c40-31-27(18-22-10-3-1-4-11-22)37-33(42)30-16-9-17-39(30)34(43)29(19-23-12-5-2-6-13-23)38-32(41)28(36-31)20-24-21-35-26-15-8-7-14-25(24)26/h1-8,10-15,21,27-30,35H,9,16-20H2,(H,36,40)(H,37,42)(H,38,41)/t27-,28-,29+,30+/m1/s1. The van der Waals surface area contributed by atoms with Crippen molar-refractivity contribution in [2.24, 2.45) is 0 Å². The van der Waals surface area contributed by atoms with E-state index in [0.717, 1.165) is 27.6 Å². The molecule has 0 saturated carbocycles. The molecule has 220 valence electrons. The molecule has 0 radical (unpaired) electrons. The van der Waals surface area contributed by atoms with Crippen molar-refractivity contribution >= 4 is 34.5 Å². The van der Waals surface area contributed by atoms with Crippen LogP contribution in [-0.2, 0) is 38.4 Å². The van der Waals surface area contributed by atoms with Crippen LogP contribution in [0.5, 0.6) is 0 Å². The van der Waals surface area contributed by atoms with Crippen LogP contribution in [0.2, 0.25) is 0 Å². The van der Waals surface area contributed by atoms with Gasteiger partial charge in [0.15, 0.2) is 0 Å². The number of nitrogens with one attached hydrogen (secondary N) is 4. The summed E-state index contributed by atoms with van der Waals surface area (Å²) >= 11 is 0. The topological polar surface area (TPSA) is 123 Å². The maximum Gasteiger partial charge on any atom is 0.246 e. The van der Waals surface area contributed by atoms with Crippen LogP contribution < -0.4 is 16.0 Å². The normalized spacial score (nSPS) is 23.1. The molecule has 2 fully saturated rings. The first kappa shape index (κ1) is 28.2. The number of aromatic amines is 1. The number of nitrogens with zero attached hydrogens (tertiary/aromatic N) is 1. The first-order chi connectivity index (χ1) is 21.0. The molecule has 2 aliphatic heterocycles. The van der Waals surface area contributed by atoms with E-state index in [-0.39, 0.29) is 31.1 Å². The fraction of sp³-hybridized carbons (Fsp3) is 0.294. The molecule has 9 heteroatoms. The van der Waals surface area contributed by atoms with Crippen molar-refractivity contribution in [1.29, 1.82) is 0 Å². The SMILES string of the molecule is O=C1N[C@@H](Cc2ccccc2)C(=O)N2CCC[C@H]2C(=O)N[C@H](Cc2ccccc2)C(=O)N[C@@H]1Cc1c[nH]c2ccccc12. The van der Waals surface area contributed by atoms with Gasteiger partial charge < -0.3 is 25.8 Å². The van der Waals surface area contributed by atoms with Gasteiger partial charge in [0, 0.05) is 42.9 Å². The van der Waals surface area contributed by atoms with Gasteiger partial charge in [0.1, 0.15) is 24.2 Å². The van der Waals surface area contributed by atoms with Gasteiger partial charge in [-0.2, -0.15) is 0 Å². The summed E-state index contributed by atoms with van der Waals surface area (Å²) in [5, 5.41) is 9.78. The van der Waals surface area contributed by atoms with Crippen molar-refractivity contribution in [1.82, 2.24) is 25.8 Å². The van der Waals surface area contributed by atoms with Gasteiger partial charge in [-0.25, -0.2) is 0 Å². The van der Waals surface area contributed by atoms with E-state index in [1.54, 1.807) is 4.90 Å². The number of amides is 4. The van der Waals surface area contributed by atoms with Crippen LogP contribution in [0.1, 0.15) is 29.5 Å². The van der Waals surface area contributed by atoms with E-state index >= 15 is 0 Å². The van der Waals surface area contributed by atoms with Crippen LogP contribution in [0.3, 0.4) is 0 Å². The Balaban J connectivity index is 1.36. The number of aromatic nitrogens is 1. The summed E-state index contributed by atoms with van der Waals surface area (Å²) in [6, 6.07) is 23.1. The van der Waals surface area contributed by atoms with Crippen molar-refractivity contribution in [3.63, 3.8) is 0 Å². The molecule has 4 atom stereocenters. The fourth-order valence-electron chi connectivity index (χ4n) is 6.15. The highest BCUT2D eigenvalue weighted by Gasteiger charge is 2.40. The second-order valence-corrected chi connectivity index (χ2v) is 11.3. The Hall–Kier alpha value is -4.92. The fourth-order valence-corrected chi connectivity index (χ4v) is 6.15. The number of rotatable bonds is 6. The van der Waals surface area contributed by atoms with E-state index in [1.807, 2.05) is 91.1 Å². The third-order valence-corrected chi connectivity index (χ3v) is 8.38. The van der Waals surface area contributed by atoms with E-state index in [0.29, 0.717) is 19.4 Å². The van der Waals surface area contributed by atoms with Crippen LogP contribution in [0.4, 0.5) is 0 Å². The highest BCUT2D eigenvalue weighted by Crippen LogP contribution is 2.22. The van der Waals surface area contributed by atoms with E-state index in [1.165, 1.54) is 0 Å². The smallest absolute Gasteiger partial charge is 0.246 e. The molecule has 4 N–H and O–H groups in total. The monoisotopic (exact) mass is 577 g/mol. The highest BCUT2D eigenvalue weighted by molar-refractivity contribution is 5.98. The molecule has 3 heterocycles. The molecule has 2 aliphatic rings. The maximum atomic E-state index is 14.0. The molecule has 0 unspecified atom stereocenters. The number of H-pyrrole nitrogens is 1. The second kappa shape index (κ2) is 12.5. The van der Waals surface area contributed by atoms with Crippen LogP contribution in [0.25, 0.3) is 10.9 Å². The Kier molecular flexibility index (Phi) is 8.22. The highest BCUT2D eigenvalue weighted by atomic mass is 16.2. The van der Waals surface area contributed by atoms with Gasteiger partial charge in [-0.15, -0.1) is 0 Å². The molecule has 4 amide bonds. The Labute approximate surface area is 250 Å². The predicted molar refractivity (Wildman–Crippen MR) is 163 cm³/mol. The van der Waals surface area contributed by atoms with Gasteiger partial charge in [0.05, 0.1) is 0 Å². The molecular formula is C34H35N5O4. The minimum atomic E-state index is -0.984. The molecule has 9 nitrogen and oxygen atoms in total. The van der Waals surface area contributed by atoms with Crippen molar-refractivity contribution in [3.8, 4) is 0 Å². The minimum absolute atomic E-state index is 0.201. The van der Waals surface area contributed by atoms with Crippen LogP contribution >= 0.6 is 0 Å². The van der Waals surface area contributed by atoms with E-state index in [4.69, 9.17) is 0 Å². The lowest BCUT2D eigenvalue weighted by Crippen LogP contribution is -2.62. The molecule has 0 spiro atoms. The zero-order chi connectivity index (χ0) is 29.8. The minimum Gasteiger partial charge on any atom is -0.361 e. The van der Waals surface area contributed by atoms with E-state index in [9.17, 15) is 19.2 Å². The maximum absolute atomic E-state index is 14.0. The molecule has 0 bridgehead atoms. The van der Waals surface area contributed by atoms with Crippen molar-refractivity contribution < 1.29 is 19.2 Å². The lowest BCUT2D eigenvalue weighted by molar-refractivity contribution is -0.143. The largest absolute Gasteiger partial charge is 0.361 e. The number of carbonyl (C=O) groups excluding carboxylic acids is 4. The predicted octanol–water partition coefficient (Wildman–Crippen LogP) is 2.65. The van der Waals surface area contributed by atoms with Gasteiger partial charge in [0.2, 0.25) is 23.6 Å². The third kappa shape index (κ3) is 6.30. The zero-order valence-corrected chi connectivity index (χ0v) is 23.8. The van der Waals surface area contributed by atoms with E-state index in [2.05, 4.69) is 20.9 Å². The number of benzene rings is 3. The number of para-hydroxylation sites is 1. The molecule has 6 rings (SSSR count). The average molecular weight is 578 g/mol. The van der Waals surface area contributed by atoms with Crippen LogP contribution in [0, 0.1) is 0 Å². The lowest BCUT2D eigenvalue weighted by Gasteiger charge is -2.32. The quantitative estimate of drug-likeness (QED) is 0.281. The van der Waals surface area contributed by atoms with Gasteiger partial charge in [0.25, 0.3) is 0 Å². The Morgan fingerprint density at radius 2 is 1.19 bits per heavy atom. The molecule has 43 heavy (non-hydrogen) atoms. The van der Waals surface area contributed by atoms with E-state index < -0.39 is 36.0 Å². The molecule has 0 aliphatic carbocycles. The number of hydrogen-bond acceptors (Lipinski definition) is 4. The first-order valence-electron chi connectivity index (χ1n) is 14.8. The number of carbonyl (C=O) groups is 4. The molecule has 1 aromatic heterocycles. The Morgan fingerprint density at radius 3 is 1.88 bits per heavy atom. The summed E-state index contributed by atoms with van der Waals surface area (Å²) in [6.07, 6.45) is 3.70. The molecule has 3 aromatic carbocycles. The van der Waals surface area contributed by atoms with Crippen molar-refractivity contribution in [2.45, 2.75) is 56.3 Å². The summed E-state index contributed by atoms with van der Waals surface area (Å²) in [5.41, 5.74) is 3.53. The third-order valence-electron chi connectivity index (χ3n) is 8.38. The molecule has 4 aromatic rings. The Morgan fingerprint density at radius 1 is 0.628 bits per heavy atom. The van der Waals surface area contributed by atoms with Gasteiger partial charge in [-0.3, -0.25) is 19.2 Å². The number of hydrogen-bond donors (Lipinski definition) is 4. The van der Waals surface area contributed by atoms with Crippen molar-refractivity contribution in [3.05, 3.63) is 108 Å². The summed E-state index contributed by atoms with van der Waals surface area (Å²) in [5.74, 6) is -1.56. The van der Waals surface area contributed by atoms with Gasteiger partial charge in [-0.05, 0) is 35.6 Å². The summed E-state index contributed by atoms with van der Waals surface area (Å²) in [6.45, 7) is 0.409. The lowest BCUT2D eigenvalue weighted by atomic mass is 9.99.